The summed E-state index contributed by atoms with van der Waals surface area (Å²) in [6, 6.07) is 6.12. The molecule has 0 atom stereocenters. The minimum absolute atomic E-state index is 0.289. The number of ether oxygens (including phenoxy) is 2. The van der Waals surface area contributed by atoms with Gasteiger partial charge < -0.3 is 19.9 Å². The molecule has 1 rings (SSSR count). The summed E-state index contributed by atoms with van der Waals surface area (Å²) < 4.78 is 11.3. The average molecular weight is 295 g/mol. The van der Waals surface area contributed by atoms with Gasteiger partial charge in [-0.2, -0.15) is 0 Å². The van der Waals surface area contributed by atoms with Crippen molar-refractivity contribution in [3.63, 3.8) is 0 Å². The lowest BCUT2D eigenvalue weighted by molar-refractivity contribution is 0.276. The number of aliphatic hydroxyl groups is 1. The molecule has 0 amide bonds. The Morgan fingerprint density at radius 3 is 2.62 bits per heavy atom. The SMILES string of the molecule is CCCOc1ccc(CNCCCCCO)cc1OCC. The monoisotopic (exact) mass is 295 g/mol. The molecule has 4 heteroatoms. The van der Waals surface area contributed by atoms with E-state index in [1.165, 1.54) is 5.56 Å². The number of rotatable bonds is 12. The first-order chi connectivity index (χ1) is 10.3. The number of benzene rings is 1. The second kappa shape index (κ2) is 11.4. The molecule has 4 nitrogen and oxygen atoms in total. The summed E-state index contributed by atoms with van der Waals surface area (Å²) in [5.74, 6) is 1.65. The van der Waals surface area contributed by atoms with Crippen LogP contribution >= 0.6 is 0 Å². The second-order valence-electron chi connectivity index (χ2n) is 5.02. The van der Waals surface area contributed by atoms with Crippen molar-refractivity contribution in [2.24, 2.45) is 0 Å². The van der Waals surface area contributed by atoms with E-state index in [0.29, 0.717) is 13.2 Å². The van der Waals surface area contributed by atoms with Gasteiger partial charge in [-0.1, -0.05) is 13.0 Å². The molecule has 0 aliphatic rings. The summed E-state index contributed by atoms with van der Waals surface area (Å²) in [7, 11) is 0. The molecule has 1 aromatic carbocycles. The van der Waals surface area contributed by atoms with E-state index in [9.17, 15) is 0 Å². The molecule has 0 fully saturated rings. The Bertz CT molecular complexity index is 382. The van der Waals surface area contributed by atoms with Crippen LogP contribution in [0, 0.1) is 0 Å². The van der Waals surface area contributed by atoms with Gasteiger partial charge in [-0.3, -0.25) is 0 Å². The maximum atomic E-state index is 8.72. The standard InChI is InChI=1S/C17H29NO3/c1-3-12-21-16-9-8-15(13-17(16)20-4-2)14-18-10-6-5-7-11-19/h8-9,13,18-19H,3-7,10-12,14H2,1-2H3. The smallest absolute Gasteiger partial charge is 0.161 e. The normalized spacial score (nSPS) is 10.6. The molecule has 0 saturated heterocycles. The van der Waals surface area contributed by atoms with Gasteiger partial charge in [-0.25, -0.2) is 0 Å². The molecule has 0 heterocycles. The molecule has 0 aliphatic heterocycles. The van der Waals surface area contributed by atoms with Crippen molar-refractivity contribution in [3.8, 4) is 11.5 Å². The molecule has 120 valence electrons. The minimum Gasteiger partial charge on any atom is -0.490 e. The molecule has 0 saturated carbocycles. The molecule has 1 aromatic rings. The summed E-state index contributed by atoms with van der Waals surface area (Å²) in [6.45, 7) is 7.51. The van der Waals surface area contributed by atoms with Gasteiger partial charge in [0.15, 0.2) is 11.5 Å². The lowest BCUT2D eigenvalue weighted by atomic mass is 10.2. The van der Waals surface area contributed by atoms with E-state index in [1.807, 2.05) is 13.0 Å². The van der Waals surface area contributed by atoms with Gasteiger partial charge in [-0.05, 0) is 56.8 Å². The largest absolute Gasteiger partial charge is 0.490 e. The second-order valence-corrected chi connectivity index (χ2v) is 5.02. The van der Waals surface area contributed by atoms with Crippen LogP contribution < -0.4 is 14.8 Å². The predicted molar refractivity (Wildman–Crippen MR) is 86.0 cm³/mol. The molecular formula is C17H29NO3. The van der Waals surface area contributed by atoms with Crippen molar-refractivity contribution in [1.29, 1.82) is 0 Å². The number of hydrogen-bond acceptors (Lipinski definition) is 4. The van der Waals surface area contributed by atoms with E-state index in [-0.39, 0.29) is 6.61 Å². The molecule has 0 radical (unpaired) electrons. The number of aliphatic hydroxyl groups excluding tert-OH is 1. The topological polar surface area (TPSA) is 50.7 Å². The van der Waals surface area contributed by atoms with Gasteiger partial charge in [0.2, 0.25) is 0 Å². The average Bonchev–Trinajstić information content (AvgIpc) is 2.50. The highest BCUT2D eigenvalue weighted by atomic mass is 16.5. The zero-order chi connectivity index (χ0) is 15.3. The molecule has 0 unspecified atom stereocenters. The minimum atomic E-state index is 0.289. The Morgan fingerprint density at radius 1 is 1.05 bits per heavy atom. The maximum absolute atomic E-state index is 8.72. The third-order valence-corrected chi connectivity index (χ3v) is 3.11. The summed E-state index contributed by atoms with van der Waals surface area (Å²) in [5.41, 5.74) is 1.20. The highest BCUT2D eigenvalue weighted by Crippen LogP contribution is 2.28. The van der Waals surface area contributed by atoms with Crippen molar-refractivity contribution in [2.45, 2.75) is 46.1 Å². The summed E-state index contributed by atoms with van der Waals surface area (Å²) in [6.07, 6.45) is 4.04. The van der Waals surface area contributed by atoms with Gasteiger partial charge >= 0.3 is 0 Å². The van der Waals surface area contributed by atoms with Crippen molar-refractivity contribution in [2.75, 3.05) is 26.4 Å². The zero-order valence-corrected chi connectivity index (χ0v) is 13.4. The van der Waals surface area contributed by atoms with Gasteiger partial charge in [0.1, 0.15) is 0 Å². The van der Waals surface area contributed by atoms with E-state index in [1.54, 1.807) is 0 Å². The summed E-state index contributed by atoms with van der Waals surface area (Å²) >= 11 is 0. The van der Waals surface area contributed by atoms with Crippen LogP contribution in [0.2, 0.25) is 0 Å². The molecule has 0 spiro atoms. The first-order valence-electron chi connectivity index (χ1n) is 8.01. The molecule has 21 heavy (non-hydrogen) atoms. The van der Waals surface area contributed by atoms with Crippen molar-refractivity contribution in [3.05, 3.63) is 23.8 Å². The Labute approximate surface area is 128 Å². The molecule has 2 N–H and O–H groups in total. The van der Waals surface area contributed by atoms with Crippen molar-refractivity contribution < 1.29 is 14.6 Å². The predicted octanol–water partition coefficient (Wildman–Crippen LogP) is 3.13. The maximum Gasteiger partial charge on any atom is 0.161 e. The quantitative estimate of drug-likeness (QED) is 0.582. The first kappa shape index (κ1) is 17.8. The number of unbranched alkanes of at least 4 members (excludes halogenated alkanes) is 2. The van der Waals surface area contributed by atoms with E-state index in [4.69, 9.17) is 14.6 Å². The Morgan fingerprint density at radius 2 is 1.90 bits per heavy atom. The van der Waals surface area contributed by atoms with Crippen molar-refractivity contribution >= 4 is 0 Å². The van der Waals surface area contributed by atoms with Gasteiger partial charge in [-0.15, -0.1) is 0 Å². The fourth-order valence-corrected chi connectivity index (χ4v) is 2.03. The zero-order valence-electron chi connectivity index (χ0n) is 13.4. The highest BCUT2D eigenvalue weighted by molar-refractivity contribution is 5.43. The van der Waals surface area contributed by atoms with Crippen LogP contribution in [0.4, 0.5) is 0 Å². The van der Waals surface area contributed by atoms with Crippen LogP contribution in [0.25, 0.3) is 0 Å². The van der Waals surface area contributed by atoms with Gasteiger partial charge in [0, 0.05) is 13.2 Å². The lowest BCUT2D eigenvalue weighted by Gasteiger charge is -2.13. The molecular weight excluding hydrogens is 266 g/mol. The Hall–Kier alpha value is -1.26. The van der Waals surface area contributed by atoms with E-state index in [0.717, 1.165) is 50.3 Å². The third kappa shape index (κ3) is 7.34. The van der Waals surface area contributed by atoms with E-state index < -0.39 is 0 Å². The van der Waals surface area contributed by atoms with Crippen LogP contribution in [0.15, 0.2) is 18.2 Å². The third-order valence-electron chi connectivity index (χ3n) is 3.11. The summed E-state index contributed by atoms with van der Waals surface area (Å²) in [5, 5.41) is 12.1. The van der Waals surface area contributed by atoms with Crippen LogP contribution in [0.5, 0.6) is 11.5 Å². The van der Waals surface area contributed by atoms with E-state index in [2.05, 4.69) is 24.4 Å². The summed E-state index contributed by atoms with van der Waals surface area (Å²) in [4.78, 5) is 0. The Kier molecular flexibility index (Phi) is 9.66. The Balaban J connectivity index is 2.45. The fraction of sp³-hybridized carbons (Fsp3) is 0.647. The van der Waals surface area contributed by atoms with Crippen LogP contribution in [0.1, 0.15) is 45.1 Å². The highest BCUT2D eigenvalue weighted by Gasteiger charge is 2.06. The first-order valence-corrected chi connectivity index (χ1v) is 8.01. The fourth-order valence-electron chi connectivity index (χ4n) is 2.03. The lowest BCUT2D eigenvalue weighted by Crippen LogP contribution is -2.15. The van der Waals surface area contributed by atoms with Crippen LogP contribution in [-0.2, 0) is 6.54 Å². The number of nitrogens with one attached hydrogen (secondary N) is 1. The molecule has 0 aromatic heterocycles. The molecule has 0 aliphatic carbocycles. The number of hydrogen-bond donors (Lipinski definition) is 2. The van der Waals surface area contributed by atoms with E-state index >= 15 is 0 Å². The molecule has 0 bridgehead atoms. The van der Waals surface area contributed by atoms with Crippen LogP contribution in [-0.4, -0.2) is 31.5 Å². The van der Waals surface area contributed by atoms with Crippen LogP contribution in [0.3, 0.4) is 0 Å². The van der Waals surface area contributed by atoms with Crippen molar-refractivity contribution in [1.82, 2.24) is 5.32 Å². The van der Waals surface area contributed by atoms with Gasteiger partial charge in [0.05, 0.1) is 13.2 Å². The van der Waals surface area contributed by atoms with Gasteiger partial charge in [0.25, 0.3) is 0 Å².